The van der Waals surface area contributed by atoms with Gasteiger partial charge in [-0.15, -0.1) is 5.73 Å². The van der Waals surface area contributed by atoms with Crippen molar-refractivity contribution >= 4 is 5.57 Å². The molecule has 0 aromatic heterocycles. The van der Waals surface area contributed by atoms with Crippen LogP contribution in [0.25, 0.3) is 5.57 Å². The summed E-state index contributed by atoms with van der Waals surface area (Å²) in [6.45, 7) is 5.95. The monoisotopic (exact) mass is 246 g/mol. The Morgan fingerprint density at radius 2 is 1.42 bits per heavy atom. The first-order chi connectivity index (χ1) is 9.27. The molecule has 2 rings (SSSR count). The predicted molar refractivity (Wildman–Crippen MR) is 82.9 cm³/mol. The van der Waals surface area contributed by atoms with Crippen LogP contribution in [0.15, 0.2) is 84.6 Å². The largest absolute Gasteiger partial charge is 0.116 e. The highest BCUT2D eigenvalue weighted by atomic mass is 14.0. The van der Waals surface area contributed by atoms with E-state index in [0.29, 0.717) is 0 Å². The molecule has 2 aromatic rings. The van der Waals surface area contributed by atoms with Crippen molar-refractivity contribution in [1.82, 2.24) is 0 Å². The lowest BCUT2D eigenvalue weighted by Gasteiger charge is -2.05. The fourth-order valence-electron chi connectivity index (χ4n) is 1.87. The first kappa shape index (κ1) is 13.1. The summed E-state index contributed by atoms with van der Waals surface area (Å²) >= 11 is 0. The summed E-state index contributed by atoms with van der Waals surface area (Å²) in [5, 5.41) is 0. The molecule has 94 valence electrons. The van der Waals surface area contributed by atoms with E-state index in [9.17, 15) is 0 Å². The van der Waals surface area contributed by atoms with Gasteiger partial charge in [-0.25, -0.2) is 0 Å². The molecule has 0 saturated heterocycles. The third-order valence-corrected chi connectivity index (χ3v) is 2.82. The van der Waals surface area contributed by atoms with Crippen molar-refractivity contribution in [2.45, 2.75) is 13.3 Å². The smallest absolute Gasteiger partial charge is 0.0306 e. The van der Waals surface area contributed by atoms with E-state index in [0.717, 1.165) is 17.6 Å². The quantitative estimate of drug-likeness (QED) is 0.511. The maximum absolute atomic E-state index is 3.92. The van der Waals surface area contributed by atoms with E-state index in [2.05, 4.69) is 66.9 Å². The van der Waals surface area contributed by atoms with E-state index in [1.807, 2.05) is 19.1 Å². The van der Waals surface area contributed by atoms with Crippen LogP contribution in [0.1, 0.15) is 24.5 Å². The Morgan fingerprint density at radius 1 is 0.947 bits per heavy atom. The van der Waals surface area contributed by atoms with Crippen molar-refractivity contribution in [1.29, 1.82) is 0 Å². The lowest BCUT2D eigenvalue weighted by Crippen LogP contribution is -1.85. The minimum Gasteiger partial charge on any atom is -0.116 e. The van der Waals surface area contributed by atoms with Gasteiger partial charge in [0.05, 0.1) is 0 Å². The van der Waals surface area contributed by atoms with Crippen LogP contribution in [0.2, 0.25) is 0 Å². The maximum atomic E-state index is 3.92. The molecule has 2 aromatic carbocycles. The molecule has 0 spiro atoms. The molecule has 0 saturated carbocycles. The molecule has 0 bridgehead atoms. The van der Waals surface area contributed by atoms with Crippen LogP contribution in [-0.2, 0) is 0 Å². The normalized spacial score (nSPS) is 9.53. The van der Waals surface area contributed by atoms with E-state index >= 15 is 0 Å². The van der Waals surface area contributed by atoms with Crippen LogP contribution in [0.3, 0.4) is 0 Å². The average molecular weight is 246 g/mol. The number of hydrogen-bond acceptors (Lipinski definition) is 0. The van der Waals surface area contributed by atoms with Crippen molar-refractivity contribution in [3.05, 3.63) is 95.7 Å². The Bertz CT molecular complexity index is 556. The average Bonchev–Trinajstić information content (AvgIpc) is 2.45. The second kappa shape index (κ2) is 6.58. The SMILES string of the molecule is C=C(C)CC=C=C(c1ccccc1)c1ccccc1. The summed E-state index contributed by atoms with van der Waals surface area (Å²) < 4.78 is 0. The highest BCUT2D eigenvalue weighted by molar-refractivity contribution is 5.79. The predicted octanol–water partition coefficient (Wildman–Crippen LogP) is 5.24. The van der Waals surface area contributed by atoms with Gasteiger partial charge in [0.2, 0.25) is 0 Å². The van der Waals surface area contributed by atoms with E-state index in [-0.39, 0.29) is 0 Å². The molecule has 0 radical (unpaired) electrons. The van der Waals surface area contributed by atoms with Crippen LogP contribution < -0.4 is 0 Å². The van der Waals surface area contributed by atoms with Crippen molar-refractivity contribution in [3.63, 3.8) is 0 Å². The molecule has 0 nitrogen and oxygen atoms in total. The summed E-state index contributed by atoms with van der Waals surface area (Å²) in [4.78, 5) is 0. The van der Waals surface area contributed by atoms with Gasteiger partial charge in [-0.3, -0.25) is 0 Å². The molecule has 0 heteroatoms. The van der Waals surface area contributed by atoms with Crippen LogP contribution in [0.5, 0.6) is 0 Å². The van der Waals surface area contributed by atoms with Gasteiger partial charge >= 0.3 is 0 Å². The Balaban J connectivity index is 2.46. The Kier molecular flexibility index (Phi) is 4.55. The van der Waals surface area contributed by atoms with Gasteiger partial charge in [0.25, 0.3) is 0 Å². The van der Waals surface area contributed by atoms with Crippen molar-refractivity contribution in [2.75, 3.05) is 0 Å². The Morgan fingerprint density at radius 3 is 1.84 bits per heavy atom. The number of allylic oxidation sites excluding steroid dienone is 2. The zero-order chi connectivity index (χ0) is 13.5. The van der Waals surface area contributed by atoms with Gasteiger partial charge in [-0.1, -0.05) is 72.8 Å². The molecular formula is C19H18. The van der Waals surface area contributed by atoms with E-state index in [4.69, 9.17) is 0 Å². The highest BCUT2D eigenvalue weighted by Crippen LogP contribution is 2.21. The molecule has 0 aliphatic heterocycles. The van der Waals surface area contributed by atoms with Gasteiger partial charge in [-0.2, -0.15) is 0 Å². The van der Waals surface area contributed by atoms with E-state index < -0.39 is 0 Å². The summed E-state index contributed by atoms with van der Waals surface area (Å²) in [5.41, 5.74) is 8.06. The van der Waals surface area contributed by atoms with Gasteiger partial charge in [0.15, 0.2) is 0 Å². The van der Waals surface area contributed by atoms with Crippen LogP contribution in [0, 0.1) is 0 Å². The third-order valence-electron chi connectivity index (χ3n) is 2.82. The Hall–Kier alpha value is -2.30. The lowest BCUT2D eigenvalue weighted by molar-refractivity contribution is 1.23. The fourth-order valence-corrected chi connectivity index (χ4v) is 1.87. The lowest BCUT2D eigenvalue weighted by atomic mass is 9.98. The summed E-state index contributed by atoms with van der Waals surface area (Å²) in [6.07, 6.45) is 2.92. The molecule has 0 amide bonds. The van der Waals surface area contributed by atoms with Gasteiger partial charge in [0.1, 0.15) is 0 Å². The van der Waals surface area contributed by atoms with Gasteiger partial charge in [-0.05, 0) is 30.5 Å². The third kappa shape index (κ3) is 3.84. The molecular weight excluding hydrogens is 228 g/mol. The number of rotatable bonds is 4. The molecule has 0 unspecified atom stereocenters. The first-order valence-corrected chi connectivity index (χ1v) is 6.48. The molecule has 0 N–H and O–H groups in total. The topological polar surface area (TPSA) is 0 Å². The zero-order valence-electron chi connectivity index (χ0n) is 11.3. The summed E-state index contributed by atoms with van der Waals surface area (Å²) in [5.74, 6) is 0. The molecule has 0 fully saturated rings. The minimum atomic E-state index is 0.864. The van der Waals surface area contributed by atoms with Gasteiger partial charge < -0.3 is 0 Å². The van der Waals surface area contributed by atoms with Crippen LogP contribution in [0.4, 0.5) is 0 Å². The molecule has 0 aliphatic carbocycles. The molecule has 0 aliphatic rings. The minimum absolute atomic E-state index is 0.864. The fraction of sp³-hybridized carbons (Fsp3) is 0.105. The van der Waals surface area contributed by atoms with E-state index in [1.54, 1.807) is 0 Å². The molecule has 0 atom stereocenters. The van der Waals surface area contributed by atoms with E-state index in [1.165, 1.54) is 11.1 Å². The van der Waals surface area contributed by atoms with Crippen molar-refractivity contribution in [2.24, 2.45) is 0 Å². The summed E-state index contributed by atoms with van der Waals surface area (Å²) in [7, 11) is 0. The summed E-state index contributed by atoms with van der Waals surface area (Å²) in [6, 6.07) is 20.7. The number of hydrogen-bond donors (Lipinski definition) is 0. The first-order valence-electron chi connectivity index (χ1n) is 6.48. The standard InChI is InChI=1S/C19H18/c1-16(2)10-9-15-19(17-11-5-3-6-12-17)18-13-7-4-8-14-18/h3-9,11-14H,1,10H2,2H3. The second-order valence-electron chi connectivity index (χ2n) is 4.62. The van der Waals surface area contributed by atoms with Gasteiger partial charge in [0, 0.05) is 5.57 Å². The molecule has 19 heavy (non-hydrogen) atoms. The second-order valence-corrected chi connectivity index (χ2v) is 4.62. The van der Waals surface area contributed by atoms with Crippen LogP contribution >= 0.6 is 0 Å². The Labute approximate surface area is 115 Å². The highest BCUT2D eigenvalue weighted by Gasteiger charge is 2.02. The van der Waals surface area contributed by atoms with Crippen LogP contribution in [-0.4, -0.2) is 0 Å². The maximum Gasteiger partial charge on any atom is 0.0306 e. The molecule has 0 heterocycles. The van der Waals surface area contributed by atoms with Crippen molar-refractivity contribution in [3.8, 4) is 0 Å². The van der Waals surface area contributed by atoms with Crippen molar-refractivity contribution < 1.29 is 0 Å². The zero-order valence-corrected chi connectivity index (χ0v) is 11.3. The number of benzene rings is 2.